The summed E-state index contributed by atoms with van der Waals surface area (Å²) in [4.78, 5) is 13.3. The molecule has 2 saturated heterocycles. The second-order valence-corrected chi connectivity index (χ2v) is 5.93. The Kier molecular flexibility index (Phi) is 2.73. The predicted molar refractivity (Wildman–Crippen MR) is 58.9 cm³/mol. The lowest BCUT2D eigenvalue weighted by Crippen LogP contribution is -2.45. The first kappa shape index (κ1) is 11.8. The molecule has 2 aliphatic rings. The van der Waals surface area contributed by atoms with Crippen molar-refractivity contribution in [3.05, 3.63) is 0 Å². The summed E-state index contributed by atoms with van der Waals surface area (Å²) in [6.45, 7) is 6.65. The molecule has 4 heteroatoms. The summed E-state index contributed by atoms with van der Waals surface area (Å²) < 4.78 is 19.2. The lowest BCUT2D eigenvalue weighted by molar-refractivity contribution is -0.132. The van der Waals surface area contributed by atoms with Crippen LogP contribution in [0.5, 0.6) is 0 Å². The van der Waals surface area contributed by atoms with Crippen LogP contribution in [0.15, 0.2) is 0 Å². The van der Waals surface area contributed by atoms with Crippen molar-refractivity contribution in [2.75, 3.05) is 13.2 Å². The van der Waals surface area contributed by atoms with Gasteiger partial charge in [0, 0.05) is 12.8 Å². The minimum Gasteiger partial charge on any atom is -0.373 e. The van der Waals surface area contributed by atoms with Gasteiger partial charge in [0.1, 0.15) is 6.17 Å². The maximum Gasteiger partial charge on any atom is 0.223 e. The third-order valence-electron chi connectivity index (χ3n) is 3.43. The standard InChI is InChI=1S/C12H20FNO2/c1-11(2,3)16-8-12-5-4-10(15)14(12)7-9(13)6-12/h9H,4-8H2,1-3H3/t9-,12+/m1/s1. The summed E-state index contributed by atoms with van der Waals surface area (Å²) in [5.41, 5.74) is -0.593. The molecule has 0 spiro atoms. The normalized spacial score (nSPS) is 34.6. The van der Waals surface area contributed by atoms with E-state index in [1.807, 2.05) is 20.8 Å². The molecule has 0 unspecified atom stereocenters. The zero-order valence-corrected chi connectivity index (χ0v) is 10.3. The van der Waals surface area contributed by atoms with Crippen molar-refractivity contribution < 1.29 is 13.9 Å². The first-order valence-electron chi connectivity index (χ1n) is 5.91. The molecule has 2 heterocycles. The van der Waals surface area contributed by atoms with Crippen molar-refractivity contribution >= 4 is 5.91 Å². The first-order valence-corrected chi connectivity index (χ1v) is 5.91. The average Bonchev–Trinajstić information content (AvgIpc) is 2.61. The van der Waals surface area contributed by atoms with Gasteiger partial charge in [-0.1, -0.05) is 0 Å². The molecule has 16 heavy (non-hydrogen) atoms. The van der Waals surface area contributed by atoms with E-state index < -0.39 is 6.17 Å². The number of halogens is 1. The molecule has 1 amide bonds. The molecule has 0 aromatic carbocycles. The average molecular weight is 229 g/mol. The van der Waals surface area contributed by atoms with Gasteiger partial charge in [0.2, 0.25) is 5.91 Å². The Balaban J connectivity index is 2.07. The van der Waals surface area contributed by atoms with E-state index in [4.69, 9.17) is 4.74 Å². The van der Waals surface area contributed by atoms with E-state index in [0.717, 1.165) is 6.42 Å². The third kappa shape index (κ3) is 2.08. The van der Waals surface area contributed by atoms with Crippen molar-refractivity contribution in [3.63, 3.8) is 0 Å². The SMILES string of the molecule is CC(C)(C)OC[C@@]12CCC(=O)N1C[C@H](F)C2. The molecule has 2 rings (SSSR count). The van der Waals surface area contributed by atoms with Crippen LogP contribution in [-0.4, -0.2) is 41.3 Å². The lowest BCUT2D eigenvalue weighted by atomic mass is 9.94. The van der Waals surface area contributed by atoms with E-state index in [-0.39, 0.29) is 23.6 Å². The molecule has 0 aromatic rings. The number of amides is 1. The van der Waals surface area contributed by atoms with Crippen LogP contribution in [-0.2, 0) is 9.53 Å². The molecule has 2 fully saturated rings. The fraction of sp³-hybridized carbons (Fsp3) is 0.917. The number of fused-ring (bicyclic) bond motifs is 1. The van der Waals surface area contributed by atoms with Crippen LogP contribution < -0.4 is 0 Å². The molecule has 0 aliphatic carbocycles. The van der Waals surface area contributed by atoms with Crippen molar-refractivity contribution in [3.8, 4) is 0 Å². The zero-order chi connectivity index (χ0) is 12.0. The van der Waals surface area contributed by atoms with Crippen LogP contribution in [0.2, 0.25) is 0 Å². The molecule has 2 atom stereocenters. The van der Waals surface area contributed by atoms with E-state index in [2.05, 4.69) is 0 Å². The number of alkyl halides is 1. The van der Waals surface area contributed by atoms with Gasteiger partial charge in [0.25, 0.3) is 0 Å². The summed E-state index contributed by atoms with van der Waals surface area (Å²) in [7, 11) is 0. The van der Waals surface area contributed by atoms with E-state index in [1.54, 1.807) is 4.90 Å². The summed E-state index contributed by atoms with van der Waals surface area (Å²) in [6, 6.07) is 0. The monoisotopic (exact) mass is 229 g/mol. The highest BCUT2D eigenvalue weighted by Crippen LogP contribution is 2.41. The van der Waals surface area contributed by atoms with Crippen molar-refractivity contribution in [2.24, 2.45) is 0 Å². The Morgan fingerprint density at radius 3 is 2.88 bits per heavy atom. The minimum atomic E-state index is -0.882. The Bertz CT molecular complexity index is 300. The fourth-order valence-corrected chi connectivity index (χ4v) is 2.62. The fourth-order valence-electron chi connectivity index (χ4n) is 2.62. The minimum absolute atomic E-state index is 0.0812. The van der Waals surface area contributed by atoms with Gasteiger partial charge in [-0.3, -0.25) is 4.79 Å². The number of carbonyl (C=O) groups excluding carboxylic acids is 1. The van der Waals surface area contributed by atoms with Gasteiger partial charge in [0.15, 0.2) is 0 Å². The number of ether oxygens (including phenoxy) is 1. The first-order chi connectivity index (χ1) is 7.32. The third-order valence-corrected chi connectivity index (χ3v) is 3.43. The van der Waals surface area contributed by atoms with Crippen LogP contribution in [0.1, 0.15) is 40.0 Å². The summed E-state index contributed by atoms with van der Waals surface area (Å²) >= 11 is 0. The number of hydrogen-bond donors (Lipinski definition) is 0. The summed E-state index contributed by atoms with van der Waals surface area (Å²) in [5, 5.41) is 0. The molecule has 3 nitrogen and oxygen atoms in total. The van der Waals surface area contributed by atoms with Gasteiger partial charge in [-0.15, -0.1) is 0 Å². The van der Waals surface area contributed by atoms with Crippen molar-refractivity contribution in [1.82, 2.24) is 4.90 Å². The second kappa shape index (κ2) is 3.69. The highest BCUT2D eigenvalue weighted by atomic mass is 19.1. The number of carbonyl (C=O) groups is 1. The van der Waals surface area contributed by atoms with E-state index >= 15 is 0 Å². The predicted octanol–water partition coefficient (Wildman–Crippen LogP) is 1.90. The molecule has 2 aliphatic heterocycles. The highest BCUT2D eigenvalue weighted by molar-refractivity contribution is 5.80. The van der Waals surface area contributed by atoms with E-state index in [9.17, 15) is 9.18 Å². The van der Waals surface area contributed by atoms with Crippen molar-refractivity contribution in [2.45, 2.75) is 57.3 Å². The van der Waals surface area contributed by atoms with Gasteiger partial charge < -0.3 is 9.64 Å². The Morgan fingerprint density at radius 2 is 2.25 bits per heavy atom. The smallest absolute Gasteiger partial charge is 0.223 e. The molecular weight excluding hydrogens is 209 g/mol. The van der Waals surface area contributed by atoms with Gasteiger partial charge in [0.05, 0.1) is 24.3 Å². The number of nitrogens with zero attached hydrogens (tertiary/aromatic N) is 1. The Hall–Kier alpha value is -0.640. The second-order valence-electron chi connectivity index (χ2n) is 5.93. The topological polar surface area (TPSA) is 29.5 Å². The van der Waals surface area contributed by atoms with Gasteiger partial charge in [-0.2, -0.15) is 0 Å². The summed E-state index contributed by atoms with van der Waals surface area (Å²) in [5.74, 6) is 0.0812. The van der Waals surface area contributed by atoms with Gasteiger partial charge >= 0.3 is 0 Å². The molecular formula is C12H20FNO2. The van der Waals surface area contributed by atoms with Crippen LogP contribution >= 0.6 is 0 Å². The van der Waals surface area contributed by atoms with Crippen LogP contribution in [0, 0.1) is 0 Å². The molecule has 0 bridgehead atoms. The number of hydrogen-bond acceptors (Lipinski definition) is 2. The van der Waals surface area contributed by atoms with Gasteiger partial charge in [-0.05, 0) is 27.2 Å². The highest BCUT2D eigenvalue weighted by Gasteiger charge is 2.52. The molecule has 0 radical (unpaired) electrons. The maximum atomic E-state index is 13.4. The molecule has 92 valence electrons. The molecule has 0 N–H and O–H groups in total. The van der Waals surface area contributed by atoms with E-state index in [1.165, 1.54) is 0 Å². The zero-order valence-electron chi connectivity index (χ0n) is 10.3. The largest absolute Gasteiger partial charge is 0.373 e. The van der Waals surface area contributed by atoms with Crippen LogP contribution in [0.3, 0.4) is 0 Å². The Labute approximate surface area is 95.9 Å². The molecule has 0 aromatic heterocycles. The van der Waals surface area contributed by atoms with Crippen molar-refractivity contribution in [1.29, 1.82) is 0 Å². The van der Waals surface area contributed by atoms with E-state index in [0.29, 0.717) is 19.4 Å². The van der Waals surface area contributed by atoms with Crippen LogP contribution in [0.4, 0.5) is 4.39 Å². The molecule has 0 saturated carbocycles. The van der Waals surface area contributed by atoms with Crippen LogP contribution in [0.25, 0.3) is 0 Å². The quantitative estimate of drug-likeness (QED) is 0.724. The Morgan fingerprint density at radius 1 is 1.56 bits per heavy atom. The van der Waals surface area contributed by atoms with Gasteiger partial charge in [-0.25, -0.2) is 4.39 Å². The lowest BCUT2D eigenvalue weighted by Gasteiger charge is -2.34. The number of rotatable bonds is 2. The summed E-state index contributed by atoms with van der Waals surface area (Å²) in [6.07, 6.45) is 0.838. The maximum absolute atomic E-state index is 13.4.